The number of carbonyl (C=O) groups is 2. The lowest BCUT2D eigenvalue weighted by atomic mass is 10.1. The Morgan fingerprint density at radius 3 is 2.27 bits per heavy atom. The molecule has 0 bridgehead atoms. The molecule has 0 radical (unpaired) electrons. The molecular formula is C11H14N2O2. The van der Waals surface area contributed by atoms with Crippen LogP contribution in [-0.2, 0) is 16.0 Å². The highest BCUT2D eigenvalue weighted by Crippen LogP contribution is 1.98. The first-order valence-corrected chi connectivity index (χ1v) is 4.84. The van der Waals surface area contributed by atoms with Gasteiger partial charge in [-0.25, -0.2) is 0 Å². The van der Waals surface area contributed by atoms with Crippen molar-refractivity contribution >= 4 is 11.8 Å². The van der Waals surface area contributed by atoms with Gasteiger partial charge in [0.25, 0.3) is 0 Å². The van der Waals surface area contributed by atoms with Gasteiger partial charge in [0.1, 0.15) is 0 Å². The summed E-state index contributed by atoms with van der Waals surface area (Å²) in [6.45, 7) is 1.72. The molecule has 0 heterocycles. The van der Waals surface area contributed by atoms with Gasteiger partial charge in [0.2, 0.25) is 11.8 Å². The molecular weight excluding hydrogens is 192 g/mol. The molecule has 0 saturated carbocycles. The van der Waals surface area contributed by atoms with Gasteiger partial charge in [-0.3, -0.25) is 20.4 Å². The Labute approximate surface area is 88.6 Å². The third-order valence-electron chi connectivity index (χ3n) is 1.87. The highest BCUT2D eigenvalue weighted by Gasteiger charge is 2.03. The van der Waals surface area contributed by atoms with Gasteiger partial charge in [-0.15, -0.1) is 0 Å². The van der Waals surface area contributed by atoms with E-state index in [1.807, 2.05) is 30.3 Å². The number of hydrogen-bond donors (Lipinski definition) is 2. The quantitative estimate of drug-likeness (QED) is 0.718. The lowest BCUT2D eigenvalue weighted by molar-refractivity contribution is -0.128. The van der Waals surface area contributed by atoms with Crippen LogP contribution in [0.5, 0.6) is 0 Å². The minimum atomic E-state index is -0.219. The summed E-state index contributed by atoms with van der Waals surface area (Å²) in [6, 6.07) is 9.35. The Balaban J connectivity index is 2.34. The monoisotopic (exact) mass is 206 g/mol. The lowest BCUT2D eigenvalue weighted by Crippen LogP contribution is -2.42. The molecule has 0 aromatic heterocycles. The Morgan fingerprint density at radius 1 is 1.07 bits per heavy atom. The molecule has 0 aliphatic heterocycles. The van der Waals surface area contributed by atoms with Gasteiger partial charge in [0, 0.05) is 6.42 Å². The van der Waals surface area contributed by atoms with Gasteiger partial charge < -0.3 is 0 Å². The molecule has 4 heteroatoms. The first-order chi connectivity index (χ1) is 7.22. The maximum Gasteiger partial charge on any atom is 0.242 e. The van der Waals surface area contributed by atoms with Gasteiger partial charge in [0.15, 0.2) is 0 Å². The topological polar surface area (TPSA) is 58.2 Å². The summed E-state index contributed by atoms with van der Waals surface area (Å²) in [7, 11) is 0. The predicted molar refractivity (Wildman–Crippen MR) is 56.7 cm³/mol. The number of amides is 2. The van der Waals surface area contributed by atoms with Crippen molar-refractivity contribution in [1.29, 1.82) is 0 Å². The Bertz CT molecular complexity index is 336. The number of hydrazine groups is 1. The van der Waals surface area contributed by atoms with E-state index < -0.39 is 0 Å². The van der Waals surface area contributed by atoms with Crippen molar-refractivity contribution in [2.24, 2.45) is 0 Å². The van der Waals surface area contributed by atoms with Gasteiger partial charge in [0.05, 0.1) is 6.42 Å². The fraction of sp³-hybridized carbons (Fsp3) is 0.273. The SMILES string of the molecule is CCC(=O)NNC(=O)Cc1ccccc1. The summed E-state index contributed by atoms with van der Waals surface area (Å²) in [4.78, 5) is 22.1. The van der Waals surface area contributed by atoms with Crippen molar-refractivity contribution in [3.05, 3.63) is 35.9 Å². The van der Waals surface area contributed by atoms with Crippen LogP contribution < -0.4 is 10.9 Å². The molecule has 0 unspecified atom stereocenters. The normalized spacial score (nSPS) is 9.40. The van der Waals surface area contributed by atoms with Crippen molar-refractivity contribution in [2.45, 2.75) is 19.8 Å². The number of benzene rings is 1. The summed E-state index contributed by atoms with van der Waals surface area (Å²) >= 11 is 0. The van der Waals surface area contributed by atoms with Crippen LogP contribution in [0.25, 0.3) is 0 Å². The van der Waals surface area contributed by atoms with Crippen LogP contribution in [0.15, 0.2) is 30.3 Å². The van der Waals surface area contributed by atoms with E-state index in [4.69, 9.17) is 0 Å². The van der Waals surface area contributed by atoms with Crippen molar-refractivity contribution in [3.8, 4) is 0 Å². The largest absolute Gasteiger partial charge is 0.273 e. The zero-order valence-corrected chi connectivity index (χ0v) is 8.62. The predicted octanol–water partition coefficient (Wildman–Crippen LogP) is 0.786. The smallest absolute Gasteiger partial charge is 0.242 e. The van der Waals surface area contributed by atoms with Gasteiger partial charge in [-0.1, -0.05) is 37.3 Å². The number of carbonyl (C=O) groups excluding carboxylic acids is 2. The third kappa shape index (κ3) is 4.26. The third-order valence-corrected chi connectivity index (χ3v) is 1.87. The van der Waals surface area contributed by atoms with Crippen LogP contribution in [0.2, 0.25) is 0 Å². The number of hydrogen-bond acceptors (Lipinski definition) is 2. The van der Waals surface area contributed by atoms with E-state index in [1.165, 1.54) is 0 Å². The first-order valence-electron chi connectivity index (χ1n) is 4.84. The van der Waals surface area contributed by atoms with Crippen molar-refractivity contribution in [1.82, 2.24) is 10.9 Å². The second kappa shape index (κ2) is 5.80. The zero-order valence-electron chi connectivity index (χ0n) is 8.62. The van der Waals surface area contributed by atoms with E-state index >= 15 is 0 Å². The van der Waals surface area contributed by atoms with Crippen LogP contribution in [-0.4, -0.2) is 11.8 Å². The molecule has 2 amide bonds. The number of rotatable bonds is 3. The second-order valence-electron chi connectivity index (χ2n) is 3.11. The summed E-state index contributed by atoms with van der Waals surface area (Å²) in [5, 5.41) is 0. The van der Waals surface area contributed by atoms with E-state index in [0.29, 0.717) is 6.42 Å². The zero-order chi connectivity index (χ0) is 11.1. The summed E-state index contributed by atoms with van der Waals surface area (Å²) < 4.78 is 0. The van der Waals surface area contributed by atoms with E-state index in [2.05, 4.69) is 10.9 Å². The second-order valence-corrected chi connectivity index (χ2v) is 3.11. The van der Waals surface area contributed by atoms with E-state index in [1.54, 1.807) is 6.92 Å². The fourth-order valence-electron chi connectivity index (χ4n) is 1.05. The molecule has 0 aliphatic rings. The Kier molecular flexibility index (Phi) is 4.34. The van der Waals surface area contributed by atoms with Crippen LogP contribution in [0.3, 0.4) is 0 Å². The van der Waals surface area contributed by atoms with Crippen molar-refractivity contribution in [3.63, 3.8) is 0 Å². The average Bonchev–Trinajstić information content (AvgIpc) is 2.27. The first kappa shape index (κ1) is 11.2. The summed E-state index contributed by atoms with van der Waals surface area (Å²) in [5.74, 6) is -0.417. The molecule has 2 N–H and O–H groups in total. The molecule has 4 nitrogen and oxygen atoms in total. The average molecular weight is 206 g/mol. The maximum atomic E-state index is 11.3. The maximum absolute atomic E-state index is 11.3. The lowest BCUT2D eigenvalue weighted by Gasteiger charge is -2.05. The summed E-state index contributed by atoms with van der Waals surface area (Å²) in [6.07, 6.45) is 0.621. The van der Waals surface area contributed by atoms with E-state index in [9.17, 15) is 9.59 Å². The van der Waals surface area contributed by atoms with Gasteiger partial charge in [-0.05, 0) is 5.56 Å². The van der Waals surface area contributed by atoms with Crippen LogP contribution in [0, 0.1) is 0 Å². The standard InChI is InChI=1S/C11H14N2O2/c1-2-10(14)12-13-11(15)8-9-6-4-3-5-7-9/h3-7H,2,8H2,1H3,(H,12,14)(H,13,15). The molecule has 1 aromatic carbocycles. The highest BCUT2D eigenvalue weighted by molar-refractivity contribution is 5.83. The van der Waals surface area contributed by atoms with Crippen LogP contribution in [0.4, 0.5) is 0 Å². The van der Waals surface area contributed by atoms with Crippen LogP contribution >= 0.6 is 0 Å². The summed E-state index contributed by atoms with van der Waals surface area (Å²) in [5.41, 5.74) is 5.57. The molecule has 1 aromatic rings. The molecule has 0 atom stereocenters. The van der Waals surface area contributed by atoms with Gasteiger partial charge in [-0.2, -0.15) is 0 Å². The molecule has 1 rings (SSSR count). The van der Waals surface area contributed by atoms with E-state index in [-0.39, 0.29) is 18.2 Å². The highest BCUT2D eigenvalue weighted by atomic mass is 16.2. The molecule has 80 valence electrons. The fourth-order valence-corrected chi connectivity index (χ4v) is 1.05. The molecule has 0 fully saturated rings. The molecule has 0 aliphatic carbocycles. The van der Waals surface area contributed by atoms with Gasteiger partial charge >= 0.3 is 0 Å². The minimum absolute atomic E-state index is 0.198. The van der Waals surface area contributed by atoms with Crippen molar-refractivity contribution < 1.29 is 9.59 Å². The molecule has 0 spiro atoms. The number of nitrogens with one attached hydrogen (secondary N) is 2. The Morgan fingerprint density at radius 2 is 1.67 bits per heavy atom. The molecule has 0 saturated heterocycles. The minimum Gasteiger partial charge on any atom is -0.273 e. The van der Waals surface area contributed by atoms with E-state index in [0.717, 1.165) is 5.56 Å². The van der Waals surface area contributed by atoms with Crippen molar-refractivity contribution in [2.75, 3.05) is 0 Å². The molecule has 15 heavy (non-hydrogen) atoms. The van der Waals surface area contributed by atoms with Crippen LogP contribution in [0.1, 0.15) is 18.9 Å². The Hall–Kier alpha value is -1.84.